The van der Waals surface area contributed by atoms with Crippen LogP contribution >= 0.6 is 27.5 Å². The number of nitrogens with zero attached hydrogens (tertiary/aromatic N) is 1. The largest absolute Gasteiger partial charge is 0.310 e. The number of pyridine rings is 1. The normalized spacial score (nSPS) is 12.4. The lowest BCUT2D eigenvalue weighted by Gasteiger charge is -2.20. The first-order chi connectivity index (χ1) is 10.1. The van der Waals surface area contributed by atoms with Crippen LogP contribution in [0.3, 0.4) is 0 Å². The summed E-state index contributed by atoms with van der Waals surface area (Å²) in [4.78, 5) is 4.05. The number of hydrogen-bond donors (Lipinski definition) is 1. The minimum atomic E-state index is 0.252. The molecule has 0 saturated heterocycles. The Balaban J connectivity index is 2.25. The number of nitrogens with one attached hydrogen (secondary N) is 1. The molecule has 1 N–H and O–H groups in total. The monoisotopic (exact) mass is 366 g/mol. The zero-order chi connectivity index (χ0) is 15.2. The van der Waals surface area contributed by atoms with Gasteiger partial charge in [0.05, 0.1) is 5.02 Å². The molecule has 0 aliphatic carbocycles. The van der Waals surface area contributed by atoms with E-state index in [-0.39, 0.29) is 6.04 Å². The van der Waals surface area contributed by atoms with Gasteiger partial charge >= 0.3 is 0 Å². The summed E-state index contributed by atoms with van der Waals surface area (Å²) >= 11 is 9.87. The lowest BCUT2D eigenvalue weighted by atomic mass is 9.98. The number of benzene rings is 1. The first kappa shape index (κ1) is 16.5. The Morgan fingerprint density at radius 1 is 1.33 bits per heavy atom. The standard InChI is InChI=1S/C17H20BrClN2/c1-3-7-21-17(10-13-6-8-20-11-16(13)19)14-5-4-12(2)15(18)9-14/h4-6,8-9,11,17,21H,3,7,10H2,1-2H3. The molecule has 112 valence electrons. The summed E-state index contributed by atoms with van der Waals surface area (Å²) in [5.74, 6) is 0. The van der Waals surface area contributed by atoms with Gasteiger partial charge < -0.3 is 5.32 Å². The molecule has 0 spiro atoms. The zero-order valence-corrected chi connectivity index (χ0v) is 14.7. The predicted octanol–water partition coefficient (Wildman–Crippen LogP) is 5.09. The van der Waals surface area contributed by atoms with Crippen molar-refractivity contribution < 1.29 is 0 Å². The van der Waals surface area contributed by atoms with Crippen LogP contribution in [0, 0.1) is 6.92 Å². The van der Waals surface area contributed by atoms with Gasteiger partial charge in [0.2, 0.25) is 0 Å². The fraction of sp³-hybridized carbons (Fsp3) is 0.353. The molecular weight excluding hydrogens is 348 g/mol. The highest BCUT2D eigenvalue weighted by Crippen LogP contribution is 2.26. The summed E-state index contributed by atoms with van der Waals surface area (Å²) < 4.78 is 1.14. The molecule has 1 atom stereocenters. The molecule has 1 heterocycles. The molecule has 0 radical (unpaired) electrons. The first-order valence-electron chi connectivity index (χ1n) is 7.19. The van der Waals surface area contributed by atoms with Crippen LogP contribution in [0.2, 0.25) is 5.02 Å². The summed E-state index contributed by atoms with van der Waals surface area (Å²) in [5, 5.41) is 4.34. The van der Waals surface area contributed by atoms with Crippen molar-refractivity contribution in [1.29, 1.82) is 0 Å². The molecule has 0 fully saturated rings. The van der Waals surface area contributed by atoms with Crippen LogP contribution in [0.15, 0.2) is 41.1 Å². The van der Waals surface area contributed by atoms with E-state index in [1.54, 1.807) is 12.4 Å². The summed E-state index contributed by atoms with van der Waals surface area (Å²) in [6, 6.07) is 8.77. The highest BCUT2D eigenvalue weighted by molar-refractivity contribution is 9.10. The third kappa shape index (κ3) is 4.53. The Labute approximate surface area is 140 Å². The lowest BCUT2D eigenvalue weighted by molar-refractivity contribution is 0.529. The number of aryl methyl sites for hydroxylation is 1. The van der Waals surface area contributed by atoms with Crippen LogP contribution in [-0.2, 0) is 6.42 Å². The lowest BCUT2D eigenvalue weighted by Crippen LogP contribution is -2.24. The van der Waals surface area contributed by atoms with E-state index in [2.05, 4.69) is 58.3 Å². The van der Waals surface area contributed by atoms with E-state index in [0.29, 0.717) is 0 Å². The van der Waals surface area contributed by atoms with Crippen molar-refractivity contribution >= 4 is 27.5 Å². The third-order valence-electron chi connectivity index (χ3n) is 3.52. The van der Waals surface area contributed by atoms with E-state index in [1.807, 2.05) is 6.07 Å². The van der Waals surface area contributed by atoms with Crippen molar-refractivity contribution in [3.8, 4) is 0 Å². The Kier molecular flexibility index (Phi) is 6.22. The zero-order valence-electron chi connectivity index (χ0n) is 12.4. The number of halogens is 2. The molecule has 0 aliphatic heterocycles. The molecule has 2 rings (SSSR count). The van der Waals surface area contributed by atoms with E-state index in [1.165, 1.54) is 11.1 Å². The summed E-state index contributed by atoms with van der Waals surface area (Å²) in [6.45, 7) is 5.26. The van der Waals surface area contributed by atoms with Crippen molar-refractivity contribution in [2.24, 2.45) is 0 Å². The van der Waals surface area contributed by atoms with Crippen LogP contribution < -0.4 is 5.32 Å². The second-order valence-corrected chi connectivity index (χ2v) is 6.45. The van der Waals surface area contributed by atoms with E-state index < -0.39 is 0 Å². The van der Waals surface area contributed by atoms with Crippen LogP contribution in [-0.4, -0.2) is 11.5 Å². The Morgan fingerprint density at radius 2 is 2.14 bits per heavy atom. The maximum absolute atomic E-state index is 6.25. The first-order valence-corrected chi connectivity index (χ1v) is 8.36. The minimum absolute atomic E-state index is 0.252. The number of aromatic nitrogens is 1. The van der Waals surface area contributed by atoms with Gasteiger partial charge in [-0.25, -0.2) is 0 Å². The van der Waals surface area contributed by atoms with Gasteiger partial charge in [-0.2, -0.15) is 0 Å². The highest BCUT2D eigenvalue weighted by Gasteiger charge is 2.14. The topological polar surface area (TPSA) is 24.9 Å². The molecule has 0 bridgehead atoms. The quantitative estimate of drug-likeness (QED) is 0.769. The van der Waals surface area contributed by atoms with Gasteiger partial charge in [-0.1, -0.05) is 46.6 Å². The molecule has 1 aromatic heterocycles. The number of rotatable bonds is 6. The van der Waals surface area contributed by atoms with Crippen molar-refractivity contribution in [3.63, 3.8) is 0 Å². The average molecular weight is 368 g/mol. The molecule has 2 nitrogen and oxygen atoms in total. The number of hydrogen-bond acceptors (Lipinski definition) is 2. The molecule has 2 aromatic rings. The SMILES string of the molecule is CCCNC(Cc1ccncc1Cl)c1ccc(C)c(Br)c1. The fourth-order valence-corrected chi connectivity index (χ4v) is 2.83. The van der Waals surface area contributed by atoms with E-state index in [9.17, 15) is 0 Å². The third-order valence-corrected chi connectivity index (χ3v) is 4.71. The summed E-state index contributed by atoms with van der Waals surface area (Å²) in [5.41, 5.74) is 3.64. The molecule has 1 unspecified atom stereocenters. The van der Waals surface area contributed by atoms with Crippen LogP contribution in [0.5, 0.6) is 0 Å². The predicted molar refractivity (Wildman–Crippen MR) is 92.9 cm³/mol. The smallest absolute Gasteiger partial charge is 0.0622 e. The molecule has 4 heteroatoms. The second kappa shape index (κ2) is 7.92. The summed E-state index contributed by atoms with van der Waals surface area (Å²) in [7, 11) is 0. The average Bonchev–Trinajstić information content (AvgIpc) is 2.48. The van der Waals surface area contributed by atoms with E-state index in [0.717, 1.165) is 34.4 Å². The summed E-state index contributed by atoms with van der Waals surface area (Å²) in [6.07, 6.45) is 5.46. The minimum Gasteiger partial charge on any atom is -0.310 e. The van der Waals surface area contributed by atoms with Gasteiger partial charge in [0.1, 0.15) is 0 Å². The van der Waals surface area contributed by atoms with Gasteiger partial charge in [0.15, 0.2) is 0 Å². The Hall–Kier alpha value is -0.900. The van der Waals surface area contributed by atoms with Gasteiger partial charge in [-0.05, 0) is 55.1 Å². The van der Waals surface area contributed by atoms with Gasteiger partial charge in [0.25, 0.3) is 0 Å². The van der Waals surface area contributed by atoms with Gasteiger partial charge in [0, 0.05) is 22.9 Å². The molecule has 0 amide bonds. The van der Waals surface area contributed by atoms with Crippen molar-refractivity contribution in [1.82, 2.24) is 10.3 Å². The van der Waals surface area contributed by atoms with Crippen LogP contribution in [0.1, 0.15) is 36.1 Å². The van der Waals surface area contributed by atoms with Crippen molar-refractivity contribution in [2.75, 3.05) is 6.54 Å². The van der Waals surface area contributed by atoms with Crippen molar-refractivity contribution in [2.45, 2.75) is 32.7 Å². The van der Waals surface area contributed by atoms with Crippen LogP contribution in [0.4, 0.5) is 0 Å². The molecule has 0 saturated carbocycles. The molecule has 21 heavy (non-hydrogen) atoms. The van der Waals surface area contributed by atoms with Crippen LogP contribution in [0.25, 0.3) is 0 Å². The Bertz CT molecular complexity index is 601. The maximum Gasteiger partial charge on any atom is 0.0622 e. The van der Waals surface area contributed by atoms with E-state index >= 15 is 0 Å². The fourth-order valence-electron chi connectivity index (χ4n) is 2.24. The van der Waals surface area contributed by atoms with Gasteiger partial charge in [-0.15, -0.1) is 0 Å². The molecule has 1 aromatic carbocycles. The second-order valence-electron chi connectivity index (χ2n) is 5.19. The van der Waals surface area contributed by atoms with Gasteiger partial charge in [-0.3, -0.25) is 4.98 Å². The van der Waals surface area contributed by atoms with Crippen molar-refractivity contribution in [3.05, 3.63) is 62.8 Å². The van der Waals surface area contributed by atoms with E-state index in [4.69, 9.17) is 11.6 Å². The Morgan fingerprint density at radius 3 is 2.81 bits per heavy atom. The highest BCUT2D eigenvalue weighted by atomic mass is 79.9. The maximum atomic E-state index is 6.25. The molecule has 0 aliphatic rings. The molecular formula is C17H20BrClN2.